The molecule has 426 valence electrons. The van der Waals surface area contributed by atoms with Crippen LogP contribution in [0, 0.1) is 59.2 Å². The van der Waals surface area contributed by atoms with Crippen molar-refractivity contribution in [2.45, 2.75) is 241 Å². The van der Waals surface area contributed by atoms with E-state index in [9.17, 15) is 0 Å². The Morgan fingerprint density at radius 2 is 0.539 bits per heavy atom. The molecule has 0 N–H and O–H groups in total. The summed E-state index contributed by atoms with van der Waals surface area (Å²) in [5.41, 5.74) is 12.6. The van der Waals surface area contributed by atoms with Crippen molar-refractivity contribution in [3.05, 3.63) is 118 Å². The van der Waals surface area contributed by atoms with Crippen molar-refractivity contribution in [3.63, 3.8) is 0 Å². The quantitative estimate of drug-likeness (QED) is 0.0528. The van der Waals surface area contributed by atoms with Gasteiger partial charge in [-0.3, -0.25) is 0 Å². The normalized spacial score (nSPS) is 11.3. The molecule has 0 fully saturated rings. The van der Waals surface area contributed by atoms with Gasteiger partial charge >= 0.3 is 0 Å². The number of rotatable bonds is 26. The van der Waals surface area contributed by atoms with Gasteiger partial charge in [0.05, 0.1) is 53.3 Å². The SMILES string of the molecule is CC(C)CCc1ccc(CCC(C)C)nn1.CC(C)CCc1ccnnc1CCC(C)C.CC(C)CCc1cnncc1CCC(C)C.CC(C)Cc1ccc(CC(C)C)nn1.CC(C)Cc1cnncc1CC(C)C. The minimum atomic E-state index is 0.653. The molecule has 0 aliphatic heterocycles. The van der Waals surface area contributed by atoms with Crippen molar-refractivity contribution in [1.82, 2.24) is 51.0 Å². The van der Waals surface area contributed by atoms with E-state index in [1.54, 1.807) is 0 Å². The molecular weight excluding hydrogens is 933 g/mol. The van der Waals surface area contributed by atoms with Crippen LogP contribution in [0.1, 0.15) is 233 Å². The summed E-state index contributed by atoms with van der Waals surface area (Å²) in [6.07, 6.45) is 27.7. The summed E-state index contributed by atoms with van der Waals surface area (Å²) in [7, 11) is 0. The Hall–Kier alpha value is -4.60. The van der Waals surface area contributed by atoms with Crippen molar-refractivity contribution >= 4 is 0 Å². The molecule has 0 spiro atoms. The molecule has 10 nitrogen and oxygen atoms in total. The van der Waals surface area contributed by atoms with Crippen LogP contribution >= 0.6 is 0 Å². The number of aromatic nitrogens is 10. The summed E-state index contributed by atoms with van der Waals surface area (Å²) in [4.78, 5) is 0. The van der Waals surface area contributed by atoms with E-state index < -0.39 is 0 Å². The summed E-state index contributed by atoms with van der Waals surface area (Å²) in [5.74, 6) is 7.16. The molecule has 5 aromatic rings. The summed E-state index contributed by atoms with van der Waals surface area (Å²) in [6, 6.07) is 10.6. The Kier molecular flexibility index (Phi) is 37.1. The molecule has 10 heteroatoms. The largest absolute Gasteiger partial charge is 0.159 e. The second-order valence-corrected chi connectivity index (χ2v) is 25.6. The molecule has 5 aromatic heterocycles. The van der Waals surface area contributed by atoms with Crippen LogP contribution in [0.3, 0.4) is 0 Å². The minimum Gasteiger partial charge on any atom is -0.159 e. The van der Waals surface area contributed by atoms with Crippen LogP contribution in [-0.2, 0) is 64.2 Å². The Labute approximate surface area is 467 Å². The molecule has 5 heterocycles. The lowest BCUT2D eigenvalue weighted by Crippen LogP contribution is -2.04. The summed E-state index contributed by atoms with van der Waals surface area (Å²) < 4.78 is 0. The van der Waals surface area contributed by atoms with Crippen molar-refractivity contribution in [3.8, 4) is 0 Å². The van der Waals surface area contributed by atoms with E-state index in [0.717, 1.165) is 122 Å². The maximum atomic E-state index is 4.28. The van der Waals surface area contributed by atoms with E-state index in [1.165, 1.54) is 72.0 Å². The standard InChI is InChI=1S/3C14H24N2.2C12H20N2/c1-11(2)5-7-13-9-15-16-10-14(13)8-6-12(3)4;1-11(2)5-7-13-9-10-15-16-14(13)8-6-12(3)4;1-11(2)5-7-13-9-10-14(16-15-13)8-6-12(3)4;1-9(2)5-11-7-13-14-8-12(11)6-10(3)4;1-9(2)7-11-5-6-12(14-13-11)8-10(3)4/h3*9-12H,5-8H2,1-4H3;7-10H,5-6H2,1-4H3;5-6,9-10H,7-8H2,1-4H3. The van der Waals surface area contributed by atoms with E-state index in [0.29, 0.717) is 23.7 Å². The van der Waals surface area contributed by atoms with Gasteiger partial charge in [0, 0.05) is 6.20 Å². The van der Waals surface area contributed by atoms with E-state index in [2.05, 4.69) is 220 Å². The molecule has 0 bridgehead atoms. The van der Waals surface area contributed by atoms with Gasteiger partial charge in [-0.1, -0.05) is 138 Å². The lowest BCUT2D eigenvalue weighted by atomic mass is 9.95. The minimum absolute atomic E-state index is 0.653. The van der Waals surface area contributed by atoms with Crippen LogP contribution in [0.5, 0.6) is 0 Å². The zero-order valence-electron chi connectivity index (χ0n) is 52.3. The average molecular weight is 1050 g/mol. The fourth-order valence-electron chi connectivity index (χ4n) is 7.99. The lowest BCUT2D eigenvalue weighted by Gasteiger charge is -2.11. The third-order valence-electron chi connectivity index (χ3n) is 12.6. The molecule has 0 saturated carbocycles. The van der Waals surface area contributed by atoms with E-state index in [4.69, 9.17) is 0 Å². The summed E-state index contributed by atoms with van der Waals surface area (Å²) in [5, 5.41) is 41.2. The van der Waals surface area contributed by atoms with Crippen LogP contribution in [-0.4, -0.2) is 51.0 Å². The highest BCUT2D eigenvalue weighted by Crippen LogP contribution is 2.19. The van der Waals surface area contributed by atoms with Crippen molar-refractivity contribution in [2.24, 2.45) is 59.2 Å². The fraction of sp³-hybridized carbons (Fsp3) is 0.697. The summed E-state index contributed by atoms with van der Waals surface area (Å²) in [6.45, 7) is 44.8. The van der Waals surface area contributed by atoms with Crippen molar-refractivity contribution in [2.75, 3.05) is 0 Å². The highest BCUT2D eigenvalue weighted by atomic mass is 15.1. The molecule has 0 amide bonds. The smallest absolute Gasteiger partial charge is 0.0663 e. The predicted octanol–water partition coefficient (Wildman–Crippen LogP) is 16.7. The van der Waals surface area contributed by atoms with Gasteiger partial charge < -0.3 is 0 Å². The second kappa shape index (κ2) is 40.6. The second-order valence-electron chi connectivity index (χ2n) is 25.6. The molecule has 0 aliphatic carbocycles. The van der Waals surface area contributed by atoms with Gasteiger partial charge in [0.2, 0.25) is 0 Å². The zero-order valence-corrected chi connectivity index (χ0v) is 52.3. The van der Waals surface area contributed by atoms with E-state index in [1.807, 2.05) is 31.0 Å². The van der Waals surface area contributed by atoms with E-state index >= 15 is 0 Å². The molecule has 0 saturated heterocycles. The number of hydrogen-bond donors (Lipinski definition) is 0. The number of hydrogen-bond acceptors (Lipinski definition) is 10. The first kappa shape index (κ1) is 69.4. The average Bonchev–Trinajstić information content (AvgIpc) is 3.34. The Bertz CT molecular complexity index is 1940. The first-order valence-corrected chi connectivity index (χ1v) is 29.9. The molecule has 0 aromatic carbocycles. The predicted molar refractivity (Wildman–Crippen MR) is 323 cm³/mol. The molecule has 76 heavy (non-hydrogen) atoms. The van der Waals surface area contributed by atoms with E-state index in [-0.39, 0.29) is 0 Å². The third kappa shape index (κ3) is 36.4. The molecule has 0 unspecified atom stereocenters. The van der Waals surface area contributed by atoms with Crippen LogP contribution < -0.4 is 0 Å². The monoisotopic (exact) mass is 1040 g/mol. The van der Waals surface area contributed by atoms with Crippen LogP contribution in [0.4, 0.5) is 0 Å². The van der Waals surface area contributed by atoms with Gasteiger partial charge in [0.15, 0.2) is 0 Å². The highest BCUT2D eigenvalue weighted by Gasteiger charge is 2.10. The van der Waals surface area contributed by atoms with Crippen molar-refractivity contribution in [1.29, 1.82) is 0 Å². The maximum Gasteiger partial charge on any atom is 0.0663 e. The highest BCUT2D eigenvalue weighted by molar-refractivity contribution is 5.22. The first-order chi connectivity index (χ1) is 35.9. The van der Waals surface area contributed by atoms with Gasteiger partial charge in [-0.2, -0.15) is 51.0 Å². The fourth-order valence-corrected chi connectivity index (χ4v) is 7.99. The lowest BCUT2D eigenvalue weighted by molar-refractivity contribution is 0.562. The van der Waals surface area contributed by atoms with Crippen LogP contribution in [0.2, 0.25) is 0 Å². The van der Waals surface area contributed by atoms with Gasteiger partial charge in [0.25, 0.3) is 0 Å². The Morgan fingerprint density at radius 1 is 0.250 bits per heavy atom. The molecule has 0 radical (unpaired) electrons. The first-order valence-electron chi connectivity index (χ1n) is 29.9. The topological polar surface area (TPSA) is 129 Å². The maximum absolute atomic E-state index is 4.28. The van der Waals surface area contributed by atoms with Crippen molar-refractivity contribution < 1.29 is 0 Å². The third-order valence-corrected chi connectivity index (χ3v) is 12.6. The Morgan fingerprint density at radius 3 is 0.855 bits per heavy atom. The summed E-state index contributed by atoms with van der Waals surface area (Å²) >= 11 is 0. The van der Waals surface area contributed by atoms with Gasteiger partial charge in [-0.15, -0.1) is 0 Å². The molecular formula is C66H112N10. The van der Waals surface area contributed by atoms with Gasteiger partial charge in [0.1, 0.15) is 0 Å². The molecule has 5 rings (SSSR count). The van der Waals surface area contributed by atoms with Gasteiger partial charge in [-0.25, -0.2) is 0 Å². The zero-order chi connectivity index (χ0) is 57.0. The number of nitrogens with zero attached hydrogens (tertiary/aromatic N) is 10. The molecule has 0 aliphatic rings. The van der Waals surface area contributed by atoms with Crippen LogP contribution in [0.25, 0.3) is 0 Å². The van der Waals surface area contributed by atoms with Gasteiger partial charge in [-0.05, 0) is 220 Å². The number of aryl methyl sites for hydroxylation is 6. The molecule has 0 atom stereocenters. The Balaban J connectivity index is 0.000000476. The van der Waals surface area contributed by atoms with Crippen LogP contribution in [0.15, 0.2) is 61.3 Å².